The van der Waals surface area contributed by atoms with Gasteiger partial charge in [0, 0.05) is 42.1 Å². The largest absolute Gasteiger partial charge is 0.369 e. The van der Waals surface area contributed by atoms with Crippen LogP contribution < -0.4 is 15.1 Å². The minimum absolute atomic E-state index is 0.173. The third-order valence-corrected chi connectivity index (χ3v) is 6.49. The number of fused-ring (bicyclic) bond motifs is 1. The van der Waals surface area contributed by atoms with Crippen molar-refractivity contribution < 1.29 is 14.0 Å². The van der Waals surface area contributed by atoms with Gasteiger partial charge in [-0.1, -0.05) is 25.1 Å². The lowest BCUT2D eigenvalue weighted by Gasteiger charge is -2.29. The predicted octanol–water partition coefficient (Wildman–Crippen LogP) is 5.13. The molecule has 0 bridgehead atoms. The van der Waals surface area contributed by atoms with Crippen molar-refractivity contribution in [1.82, 2.24) is 0 Å². The Balaban J connectivity index is 1.34. The highest BCUT2D eigenvalue weighted by molar-refractivity contribution is 6.10. The number of nitrogens with one attached hydrogen (secondary N) is 1. The second kappa shape index (κ2) is 8.70. The number of hydrogen-bond donors (Lipinski definition) is 1. The number of para-hydroxylation sites is 1. The molecule has 33 heavy (non-hydrogen) atoms. The van der Waals surface area contributed by atoms with E-state index in [9.17, 15) is 14.0 Å². The molecule has 1 saturated heterocycles. The molecule has 1 N–H and O–H groups in total. The van der Waals surface area contributed by atoms with E-state index in [-0.39, 0.29) is 17.6 Å². The topological polar surface area (TPSA) is 52.6 Å². The summed E-state index contributed by atoms with van der Waals surface area (Å²) in [6.45, 7) is 4.32. The summed E-state index contributed by atoms with van der Waals surface area (Å²) >= 11 is 0. The SMILES string of the molecule is CC1CCN(c2ccc(N3CCc4cc(C(=O)Nc5ccccc5)ccc4C3=O)cc2F)C1. The predicted molar refractivity (Wildman–Crippen MR) is 129 cm³/mol. The smallest absolute Gasteiger partial charge is 0.258 e. The van der Waals surface area contributed by atoms with Crippen LogP contribution in [0.15, 0.2) is 66.7 Å². The monoisotopic (exact) mass is 443 g/mol. The molecule has 1 atom stereocenters. The van der Waals surface area contributed by atoms with Crippen LogP contribution in [0.4, 0.5) is 21.5 Å². The Labute approximate surface area is 192 Å². The molecule has 1 unspecified atom stereocenters. The summed E-state index contributed by atoms with van der Waals surface area (Å²) in [6, 6.07) is 19.5. The number of amides is 2. The number of anilines is 3. The number of carbonyl (C=O) groups is 2. The third kappa shape index (κ3) is 4.21. The van der Waals surface area contributed by atoms with E-state index in [4.69, 9.17) is 0 Å². The fraction of sp³-hybridized carbons (Fsp3) is 0.259. The molecule has 0 aromatic heterocycles. The number of carbonyl (C=O) groups excluding carboxylic acids is 2. The van der Waals surface area contributed by atoms with E-state index in [0.29, 0.717) is 41.4 Å². The zero-order chi connectivity index (χ0) is 22.9. The van der Waals surface area contributed by atoms with Crippen LogP contribution in [0, 0.1) is 11.7 Å². The highest BCUT2D eigenvalue weighted by atomic mass is 19.1. The molecule has 168 valence electrons. The molecular weight excluding hydrogens is 417 g/mol. The second-order valence-electron chi connectivity index (χ2n) is 8.87. The number of halogens is 1. The molecular formula is C27H26FN3O2. The lowest BCUT2D eigenvalue weighted by Crippen LogP contribution is -2.38. The van der Waals surface area contributed by atoms with Crippen molar-refractivity contribution in [3.8, 4) is 0 Å². The van der Waals surface area contributed by atoms with Crippen molar-refractivity contribution in [1.29, 1.82) is 0 Å². The van der Waals surface area contributed by atoms with Crippen LogP contribution in [0.5, 0.6) is 0 Å². The number of rotatable bonds is 4. The lowest BCUT2D eigenvalue weighted by atomic mass is 9.96. The standard InChI is InChI=1S/C27H26FN3O2/c1-18-11-13-30(17-18)25-10-8-22(16-24(25)28)31-14-12-19-15-20(7-9-23(19)27(31)33)26(32)29-21-5-3-2-4-6-21/h2-10,15-16,18H,11-14,17H2,1H3,(H,29,32). The molecule has 2 aliphatic heterocycles. The van der Waals surface area contributed by atoms with Gasteiger partial charge in [-0.15, -0.1) is 0 Å². The van der Waals surface area contributed by atoms with Crippen LogP contribution in [0.25, 0.3) is 0 Å². The van der Waals surface area contributed by atoms with Gasteiger partial charge in [0.15, 0.2) is 0 Å². The van der Waals surface area contributed by atoms with Gasteiger partial charge in [-0.25, -0.2) is 4.39 Å². The van der Waals surface area contributed by atoms with Crippen molar-refractivity contribution in [3.63, 3.8) is 0 Å². The first-order chi connectivity index (χ1) is 16.0. The Bertz CT molecular complexity index is 1210. The molecule has 0 radical (unpaired) electrons. The van der Waals surface area contributed by atoms with Crippen LogP contribution in [0.3, 0.4) is 0 Å². The van der Waals surface area contributed by atoms with Crippen molar-refractivity contribution in [3.05, 3.63) is 89.2 Å². The van der Waals surface area contributed by atoms with Crippen LogP contribution >= 0.6 is 0 Å². The third-order valence-electron chi connectivity index (χ3n) is 6.49. The summed E-state index contributed by atoms with van der Waals surface area (Å²) in [7, 11) is 0. The van der Waals surface area contributed by atoms with Gasteiger partial charge in [-0.05, 0) is 72.9 Å². The Morgan fingerprint density at radius 3 is 2.58 bits per heavy atom. The summed E-state index contributed by atoms with van der Waals surface area (Å²) in [5.41, 5.74) is 3.77. The molecule has 2 heterocycles. The van der Waals surface area contributed by atoms with Gasteiger partial charge in [0.1, 0.15) is 5.82 Å². The summed E-state index contributed by atoms with van der Waals surface area (Å²) < 4.78 is 14.9. The zero-order valence-corrected chi connectivity index (χ0v) is 18.6. The maximum absolute atomic E-state index is 14.9. The first-order valence-electron chi connectivity index (χ1n) is 11.4. The second-order valence-corrected chi connectivity index (χ2v) is 8.87. The number of hydrogen-bond acceptors (Lipinski definition) is 3. The number of benzene rings is 3. The molecule has 3 aromatic rings. The molecule has 2 aliphatic rings. The Hall–Kier alpha value is -3.67. The summed E-state index contributed by atoms with van der Waals surface area (Å²) in [5, 5.41) is 2.87. The quantitative estimate of drug-likeness (QED) is 0.608. The first kappa shape index (κ1) is 21.2. The fourth-order valence-corrected chi connectivity index (χ4v) is 4.67. The van der Waals surface area contributed by atoms with E-state index in [1.807, 2.05) is 36.4 Å². The van der Waals surface area contributed by atoms with E-state index < -0.39 is 0 Å². The van der Waals surface area contributed by atoms with E-state index in [2.05, 4.69) is 17.1 Å². The Morgan fingerprint density at radius 1 is 1.03 bits per heavy atom. The minimum atomic E-state index is -0.298. The van der Waals surface area contributed by atoms with Gasteiger partial charge in [0.25, 0.3) is 11.8 Å². The average Bonchev–Trinajstić information content (AvgIpc) is 3.25. The lowest BCUT2D eigenvalue weighted by molar-refractivity contribution is 0.0977. The Morgan fingerprint density at radius 2 is 1.85 bits per heavy atom. The van der Waals surface area contributed by atoms with Crippen LogP contribution in [-0.4, -0.2) is 31.4 Å². The summed E-state index contributed by atoms with van der Waals surface area (Å²) in [6.07, 6.45) is 1.66. The molecule has 3 aromatic carbocycles. The first-order valence-corrected chi connectivity index (χ1v) is 11.4. The summed E-state index contributed by atoms with van der Waals surface area (Å²) in [5.74, 6) is -0.127. The van der Waals surface area contributed by atoms with E-state index >= 15 is 0 Å². The van der Waals surface area contributed by atoms with Gasteiger partial charge in [-0.3, -0.25) is 9.59 Å². The molecule has 5 rings (SSSR count). The maximum Gasteiger partial charge on any atom is 0.258 e. The van der Waals surface area contributed by atoms with Crippen LogP contribution in [0.2, 0.25) is 0 Å². The van der Waals surface area contributed by atoms with Crippen molar-refractivity contribution in [2.75, 3.05) is 34.8 Å². The van der Waals surface area contributed by atoms with Gasteiger partial charge < -0.3 is 15.1 Å². The highest BCUT2D eigenvalue weighted by Crippen LogP contribution is 2.31. The van der Waals surface area contributed by atoms with Gasteiger partial charge in [0.05, 0.1) is 5.69 Å². The molecule has 6 heteroatoms. The van der Waals surface area contributed by atoms with E-state index in [0.717, 1.165) is 30.8 Å². The van der Waals surface area contributed by atoms with Gasteiger partial charge in [-0.2, -0.15) is 0 Å². The zero-order valence-electron chi connectivity index (χ0n) is 18.6. The number of nitrogens with zero attached hydrogens (tertiary/aromatic N) is 2. The Kier molecular flexibility index (Phi) is 5.58. The maximum atomic E-state index is 14.9. The average molecular weight is 444 g/mol. The fourth-order valence-electron chi connectivity index (χ4n) is 4.67. The molecule has 5 nitrogen and oxygen atoms in total. The van der Waals surface area contributed by atoms with E-state index in [1.165, 1.54) is 6.07 Å². The van der Waals surface area contributed by atoms with Crippen LogP contribution in [-0.2, 0) is 6.42 Å². The molecule has 0 spiro atoms. The van der Waals surface area contributed by atoms with Crippen molar-refractivity contribution >= 4 is 28.9 Å². The molecule has 1 fully saturated rings. The minimum Gasteiger partial charge on any atom is -0.369 e. The van der Waals surface area contributed by atoms with Crippen molar-refractivity contribution in [2.24, 2.45) is 5.92 Å². The molecule has 0 aliphatic carbocycles. The normalized spacial score (nSPS) is 17.8. The van der Waals surface area contributed by atoms with E-state index in [1.54, 1.807) is 29.2 Å². The summed E-state index contributed by atoms with van der Waals surface area (Å²) in [4.78, 5) is 29.5. The highest BCUT2D eigenvalue weighted by Gasteiger charge is 2.28. The molecule has 2 amide bonds. The van der Waals surface area contributed by atoms with Crippen molar-refractivity contribution in [2.45, 2.75) is 19.8 Å². The van der Waals surface area contributed by atoms with Gasteiger partial charge in [0.2, 0.25) is 0 Å². The van der Waals surface area contributed by atoms with Gasteiger partial charge >= 0.3 is 0 Å². The molecule has 0 saturated carbocycles. The van der Waals surface area contributed by atoms with Crippen LogP contribution in [0.1, 0.15) is 39.6 Å².